The van der Waals surface area contributed by atoms with Crippen LogP contribution < -0.4 is 0 Å². The summed E-state index contributed by atoms with van der Waals surface area (Å²) in [6.07, 6.45) is 1.22. The lowest BCUT2D eigenvalue weighted by Crippen LogP contribution is -2.02. The molecule has 0 aliphatic carbocycles. The zero-order valence-electron chi connectivity index (χ0n) is 7.74. The van der Waals surface area contributed by atoms with Crippen molar-refractivity contribution in [2.75, 3.05) is 0 Å². The van der Waals surface area contributed by atoms with Crippen molar-refractivity contribution in [3.05, 3.63) is 55.8 Å². The third-order valence-corrected chi connectivity index (χ3v) is 3.64. The van der Waals surface area contributed by atoms with Gasteiger partial charge in [-0.25, -0.2) is 0 Å². The van der Waals surface area contributed by atoms with Crippen molar-refractivity contribution in [2.45, 2.75) is 6.10 Å². The van der Waals surface area contributed by atoms with E-state index in [1.807, 2.05) is 36.5 Å². The zero-order valence-corrected chi connectivity index (χ0v) is 11.5. The van der Waals surface area contributed by atoms with Crippen molar-refractivity contribution in [2.24, 2.45) is 0 Å². The third kappa shape index (κ3) is 2.43. The number of benzene rings is 1. The molecule has 0 spiro atoms. The molecule has 78 valence electrons. The smallest absolute Gasteiger partial charge is 0.120 e. The van der Waals surface area contributed by atoms with Gasteiger partial charge in [-0.2, -0.15) is 0 Å². The maximum atomic E-state index is 10.1. The van der Waals surface area contributed by atoms with Crippen molar-refractivity contribution in [1.82, 2.24) is 4.98 Å². The average Bonchev–Trinajstić information content (AvgIpc) is 2.74. The third-order valence-electron chi connectivity index (χ3n) is 2.17. The Morgan fingerprint density at radius 1 is 1.33 bits per heavy atom. The first-order chi connectivity index (χ1) is 7.18. The SMILES string of the molecule is OC(c1ccc[nH]1)c1cc(Br)ccc1I. The molecule has 1 heterocycles. The standard InChI is InChI=1S/C11H9BrINO/c12-7-3-4-9(13)8(6-7)11(15)10-2-1-5-14-10/h1-6,11,14-15H. The molecule has 0 radical (unpaired) electrons. The first kappa shape index (κ1) is 11.2. The normalized spacial score (nSPS) is 12.7. The van der Waals surface area contributed by atoms with E-state index in [-0.39, 0.29) is 0 Å². The summed E-state index contributed by atoms with van der Waals surface area (Å²) in [5.41, 5.74) is 1.72. The molecule has 0 aliphatic heterocycles. The highest BCUT2D eigenvalue weighted by atomic mass is 127. The van der Waals surface area contributed by atoms with Crippen LogP contribution in [0.2, 0.25) is 0 Å². The highest BCUT2D eigenvalue weighted by Crippen LogP contribution is 2.27. The molecule has 0 aliphatic rings. The molecule has 0 fully saturated rings. The van der Waals surface area contributed by atoms with Crippen LogP contribution in [-0.2, 0) is 0 Å². The van der Waals surface area contributed by atoms with Gasteiger partial charge in [-0.1, -0.05) is 15.9 Å². The van der Waals surface area contributed by atoms with E-state index in [0.717, 1.165) is 19.3 Å². The molecule has 0 saturated heterocycles. The fourth-order valence-corrected chi connectivity index (χ4v) is 2.42. The Bertz CT molecular complexity index is 456. The number of hydrogen-bond donors (Lipinski definition) is 2. The summed E-state index contributed by atoms with van der Waals surface area (Å²) in [5.74, 6) is 0. The number of rotatable bonds is 2. The van der Waals surface area contributed by atoms with E-state index in [9.17, 15) is 5.11 Å². The first-order valence-electron chi connectivity index (χ1n) is 4.45. The van der Waals surface area contributed by atoms with E-state index in [1.165, 1.54) is 0 Å². The Hall–Kier alpha value is -0.330. The molecular weight excluding hydrogens is 369 g/mol. The fourth-order valence-electron chi connectivity index (χ4n) is 1.41. The van der Waals surface area contributed by atoms with E-state index >= 15 is 0 Å². The van der Waals surface area contributed by atoms with Crippen LogP contribution in [0.1, 0.15) is 17.4 Å². The van der Waals surface area contributed by atoms with E-state index in [0.29, 0.717) is 0 Å². The van der Waals surface area contributed by atoms with E-state index in [1.54, 1.807) is 0 Å². The minimum Gasteiger partial charge on any atom is -0.382 e. The van der Waals surface area contributed by atoms with E-state index < -0.39 is 6.10 Å². The molecule has 2 rings (SSSR count). The molecule has 1 aromatic carbocycles. The molecule has 1 atom stereocenters. The van der Waals surface area contributed by atoms with Gasteiger partial charge in [0.15, 0.2) is 0 Å². The van der Waals surface area contributed by atoms with Crippen LogP contribution in [-0.4, -0.2) is 10.1 Å². The molecular formula is C11H9BrINO. The highest BCUT2D eigenvalue weighted by Gasteiger charge is 2.14. The van der Waals surface area contributed by atoms with E-state index in [4.69, 9.17) is 0 Å². The predicted octanol–water partition coefficient (Wildman–Crippen LogP) is 3.46. The highest BCUT2D eigenvalue weighted by molar-refractivity contribution is 14.1. The minimum atomic E-state index is -0.593. The molecule has 0 bridgehead atoms. The van der Waals surface area contributed by atoms with Gasteiger partial charge >= 0.3 is 0 Å². The van der Waals surface area contributed by atoms with Gasteiger partial charge in [0.1, 0.15) is 6.10 Å². The van der Waals surface area contributed by atoms with Crippen molar-refractivity contribution >= 4 is 38.5 Å². The summed E-state index contributed by atoms with van der Waals surface area (Å²) in [4.78, 5) is 3.01. The van der Waals surface area contributed by atoms with Gasteiger partial charge in [-0.05, 0) is 52.9 Å². The molecule has 4 heteroatoms. The van der Waals surface area contributed by atoms with Crippen molar-refractivity contribution < 1.29 is 5.11 Å². The number of aromatic nitrogens is 1. The summed E-state index contributed by atoms with van der Waals surface area (Å²) in [6.45, 7) is 0. The zero-order chi connectivity index (χ0) is 10.8. The minimum absolute atomic E-state index is 0.593. The van der Waals surface area contributed by atoms with Crippen LogP contribution in [0.3, 0.4) is 0 Å². The lowest BCUT2D eigenvalue weighted by molar-refractivity contribution is 0.215. The monoisotopic (exact) mass is 377 g/mol. The lowest BCUT2D eigenvalue weighted by Gasteiger charge is -2.11. The molecule has 2 aromatic rings. The van der Waals surface area contributed by atoms with Crippen LogP contribution in [0.25, 0.3) is 0 Å². The maximum Gasteiger partial charge on any atom is 0.120 e. The van der Waals surface area contributed by atoms with Crippen LogP contribution in [0.5, 0.6) is 0 Å². The van der Waals surface area contributed by atoms with Gasteiger partial charge in [0.05, 0.1) is 0 Å². The quantitative estimate of drug-likeness (QED) is 0.772. The van der Waals surface area contributed by atoms with Crippen LogP contribution >= 0.6 is 38.5 Å². The number of hydrogen-bond acceptors (Lipinski definition) is 1. The van der Waals surface area contributed by atoms with Crippen LogP contribution in [0, 0.1) is 3.57 Å². The summed E-state index contributed by atoms with van der Waals surface area (Å²) in [7, 11) is 0. The maximum absolute atomic E-state index is 10.1. The summed E-state index contributed by atoms with van der Waals surface area (Å²) in [5, 5.41) is 10.1. The van der Waals surface area contributed by atoms with Gasteiger partial charge < -0.3 is 10.1 Å². The second kappa shape index (κ2) is 4.67. The van der Waals surface area contributed by atoms with Crippen molar-refractivity contribution in [3.8, 4) is 0 Å². The van der Waals surface area contributed by atoms with Crippen molar-refractivity contribution in [3.63, 3.8) is 0 Å². The second-order valence-corrected chi connectivity index (χ2v) is 5.27. The average molecular weight is 378 g/mol. The molecule has 1 aromatic heterocycles. The number of H-pyrrole nitrogens is 1. The fraction of sp³-hybridized carbons (Fsp3) is 0.0909. The van der Waals surface area contributed by atoms with Gasteiger partial charge in [0, 0.05) is 25.5 Å². The predicted molar refractivity (Wildman–Crippen MR) is 71.7 cm³/mol. The van der Waals surface area contributed by atoms with Gasteiger partial charge in [-0.3, -0.25) is 0 Å². The molecule has 1 unspecified atom stereocenters. The molecule has 2 N–H and O–H groups in total. The number of aliphatic hydroxyl groups is 1. The Balaban J connectivity index is 2.41. The van der Waals surface area contributed by atoms with Crippen LogP contribution in [0.4, 0.5) is 0 Å². The largest absolute Gasteiger partial charge is 0.382 e. The van der Waals surface area contributed by atoms with Crippen LogP contribution in [0.15, 0.2) is 41.0 Å². The molecule has 0 saturated carbocycles. The summed E-state index contributed by atoms with van der Waals surface area (Å²) < 4.78 is 2.03. The Labute approximate surface area is 110 Å². The summed E-state index contributed by atoms with van der Waals surface area (Å²) >= 11 is 5.63. The van der Waals surface area contributed by atoms with Gasteiger partial charge in [0.2, 0.25) is 0 Å². The number of aromatic amines is 1. The molecule has 2 nitrogen and oxygen atoms in total. The molecule has 15 heavy (non-hydrogen) atoms. The first-order valence-corrected chi connectivity index (χ1v) is 6.32. The van der Waals surface area contributed by atoms with Crippen molar-refractivity contribution in [1.29, 1.82) is 0 Å². The summed E-state index contributed by atoms with van der Waals surface area (Å²) in [6, 6.07) is 9.64. The van der Waals surface area contributed by atoms with E-state index in [2.05, 4.69) is 43.5 Å². The lowest BCUT2D eigenvalue weighted by atomic mass is 10.1. The Kier molecular flexibility index (Phi) is 3.48. The molecule has 0 amide bonds. The number of nitrogens with one attached hydrogen (secondary N) is 1. The number of halogens is 2. The topological polar surface area (TPSA) is 36.0 Å². The van der Waals surface area contributed by atoms with Gasteiger partial charge in [-0.15, -0.1) is 0 Å². The Morgan fingerprint density at radius 2 is 2.13 bits per heavy atom. The number of aliphatic hydroxyl groups excluding tert-OH is 1. The van der Waals surface area contributed by atoms with Gasteiger partial charge in [0.25, 0.3) is 0 Å². The Morgan fingerprint density at radius 3 is 2.80 bits per heavy atom. The second-order valence-electron chi connectivity index (χ2n) is 3.19.